The van der Waals surface area contributed by atoms with Crippen LogP contribution in [0.5, 0.6) is 0 Å². The molecule has 74 valence electrons. The van der Waals surface area contributed by atoms with Crippen molar-refractivity contribution in [2.24, 2.45) is 0 Å². The van der Waals surface area contributed by atoms with Crippen LogP contribution in [0, 0.1) is 6.92 Å². The van der Waals surface area contributed by atoms with Crippen LogP contribution >= 0.6 is 0 Å². The summed E-state index contributed by atoms with van der Waals surface area (Å²) in [6.07, 6.45) is -4.46. The highest BCUT2D eigenvalue weighted by Gasteiger charge is 2.25. The Hall–Kier alpha value is -1.03. The van der Waals surface area contributed by atoms with E-state index in [0.717, 1.165) is 0 Å². The van der Waals surface area contributed by atoms with E-state index in [-0.39, 0.29) is 0 Å². The van der Waals surface area contributed by atoms with Gasteiger partial charge in [0.1, 0.15) is 0 Å². The first-order chi connectivity index (χ1) is 5.95. The molecule has 0 unspecified atom stereocenters. The summed E-state index contributed by atoms with van der Waals surface area (Å²) in [5.41, 5.74) is 1.32. The first-order valence-corrected chi connectivity index (χ1v) is 3.59. The Kier molecular flexibility index (Phi) is 5.14. The molecule has 0 saturated heterocycles. The quantitative estimate of drug-likeness (QED) is 0.613. The number of aryl methyl sites for hydroxylation is 1. The molecule has 0 aliphatic carbocycles. The average molecular weight is 192 g/mol. The van der Waals surface area contributed by atoms with Crippen LogP contribution in [0.3, 0.4) is 0 Å². The molecule has 1 aromatic carbocycles. The lowest BCUT2D eigenvalue weighted by molar-refractivity contribution is -0.311. The fraction of sp³-hybridized carbons (Fsp3) is 0.333. The third kappa shape index (κ3) is 8.88. The predicted molar refractivity (Wildman–Crippen MR) is 44.2 cm³/mol. The Morgan fingerprint density at radius 1 is 1.08 bits per heavy atom. The number of halogens is 3. The van der Waals surface area contributed by atoms with E-state index < -0.39 is 6.36 Å². The highest BCUT2D eigenvalue weighted by molar-refractivity contribution is 5.11. The standard InChI is InChI=1S/C7H8.C2H3F3O/c1-7-5-3-2-4-6-7;1-6-2(3,4)5/h2-6H,1H3;1H3. The summed E-state index contributed by atoms with van der Waals surface area (Å²) in [5, 5.41) is 0. The Morgan fingerprint density at radius 3 is 1.62 bits per heavy atom. The normalized spacial score (nSPS) is 10.2. The van der Waals surface area contributed by atoms with Crippen molar-refractivity contribution in [3.63, 3.8) is 0 Å². The van der Waals surface area contributed by atoms with Crippen molar-refractivity contribution in [2.75, 3.05) is 7.11 Å². The highest BCUT2D eigenvalue weighted by atomic mass is 19.4. The summed E-state index contributed by atoms with van der Waals surface area (Å²) in [6.45, 7) is 2.08. The molecular weight excluding hydrogens is 181 g/mol. The lowest BCUT2D eigenvalue weighted by atomic mass is 10.2. The minimum atomic E-state index is -4.46. The van der Waals surface area contributed by atoms with Crippen molar-refractivity contribution in [2.45, 2.75) is 13.3 Å². The van der Waals surface area contributed by atoms with E-state index >= 15 is 0 Å². The van der Waals surface area contributed by atoms with Gasteiger partial charge in [0.05, 0.1) is 0 Å². The maximum atomic E-state index is 10.6. The molecule has 0 spiro atoms. The number of rotatable bonds is 0. The fourth-order valence-electron chi connectivity index (χ4n) is 0.534. The van der Waals surface area contributed by atoms with Crippen LogP contribution in [-0.4, -0.2) is 13.5 Å². The predicted octanol–water partition coefficient (Wildman–Crippen LogP) is 3.15. The molecule has 0 aliphatic heterocycles. The SMILES string of the molecule is COC(F)(F)F.Cc1ccccc1. The smallest absolute Gasteiger partial charge is 0.295 e. The van der Waals surface area contributed by atoms with Gasteiger partial charge in [0, 0.05) is 7.11 Å². The zero-order valence-corrected chi connectivity index (χ0v) is 7.43. The molecule has 0 atom stereocenters. The average Bonchev–Trinajstić information content (AvgIpc) is 2.06. The van der Waals surface area contributed by atoms with Gasteiger partial charge in [0.2, 0.25) is 0 Å². The topological polar surface area (TPSA) is 9.23 Å². The maximum absolute atomic E-state index is 10.6. The van der Waals surface area contributed by atoms with Crippen molar-refractivity contribution in [3.8, 4) is 0 Å². The van der Waals surface area contributed by atoms with Gasteiger partial charge in [-0.3, -0.25) is 4.74 Å². The largest absolute Gasteiger partial charge is 0.522 e. The van der Waals surface area contributed by atoms with Crippen LogP contribution in [-0.2, 0) is 4.74 Å². The second-order valence-electron chi connectivity index (χ2n) is 2.30. The molecule has 4 heteroatoms. The number of methoxy groups -OCH3 is 1. The second-order valence-corrected chi connectivity index (χ2v) is 2.30. The summed E-state index contributed by atoms with van der Waals surface area (Å²) < 4.78 is 34.6. The molecule has 0 amide bonds. The Balaban J connectivity index is 0.000000226. The summed E-state index contributed by atoms with van der Waals surface area (Å²) in [6, 6.07) is 10.3. The molecule has 1 rings (SSSR count). The summed E-state index contributed by atoms with van der Waals surface area (Å²) in [7, 11) is 0.583. The van der Waals surface area contributed by atoms with Crippen molar-refractivity contribution in [1.29, 1.82) is 0 Å². The molecular formula is C9H11F3O. The Labute approximate surface area is 75.1 Å². The van der Waals surface area contributed by atoms with Gasteiger partial charge >= 0.3 is 6.36 Å². The van der Waals surface area contributed by atoms with E-state index in [2.05, 4.69) is 23.8 Å². The van der Waals surface area contributed by atoms with Crippen LogP contribution in [0.4, 0.5) is 13.2 Å². The molecule has 0 saturated carbocycles. The first kappa shape index (κ1) is 12.0. The van der Waals surface area contributed by atoms with E-state index in [4.69, 9.17) is 0 Å². The van der Waals surface area contributed by atoms with Crippen LogP contribution in [0.25, 0.3) is 0 Å². The fourth-order valence-corrected chi connectivity index (χ4v) is 0.534. The van der Waals surface area contributed by atoms with E-state index in [1.165, 1.54) is 5.56 Å². The maximum Gasteiger partial charge on any atom is 0.522 e. The molecule has 13 heavy (non-hydrogen) atoms. The van der Waals surface area contributed by atoms with Crippen molar-refractivity contribution in [3.05, 3.63) is 35.9 Å². The molecule has 0 radical (unpaired) electrons. The summed E-state index contributed by atoms with van der Waals surface area (Å²) in [4.78, 5) is 0. The van der Waals surface area contributed by atoms with E-state index in [9.17, 15) is 13.2 Å². The summed E-state index contributed by atoms with van der Waals surface area (Å²) in [5.74, 6) is 0. The zero-order valence-electron chi connectivity index (χ0n) is 7.43. The van der Waals surface area contributed by atoms with Gasteiger partial charge in [-0.1, -0.05) is 35.9 Å². The van der Waals surface area contributed by atoms with Gasteiger partial charge in [-0.15, -0.1) is 13.2 Å². The second kappa shape index (κ2) is 5.59. The van der Waals surface area contributed by atoms with Crippen molar-refractivity contribution in [1.82, 2.24) is 0 Å². The molecule has 1 nitrogen and oxygen atoms in total. The van der Waals surface area contributed by atoms with Gasteiger partial charge in [0.25, 0.3) is 0 Å². The van der Waals surface area contributed by atoms with E-state index in [0.29, 0.717) is 7.11 Å². The minimum Gasteiger partial charge on any atom is -0.295 e. The molecule has 0 heterocycles. The van der Waals surface area contributed by atoms with Gasteiger partial charge in [0.15, 0.2) is 0 Å². The van der Waals surface area contributed by atoms with Gasteiger partial charge in [-0.25, -0.2) is 0 Å². The molecule has 0 aromatic heterocycles. The molecule has 0 bridgehead atoms. The van der Waals surface area contributed by atoms with Gasteiger partial charge < -0.3 is 0 Å². The Morgan fingerprint density at radius 2 is 1.46 bits per heavy atom. The van der Waals surface area contributed by atoms with Gasteiger partial charge in [-0.05, 0) is 6.92 Å². The van der Waals surface area contributed by atoms with Crippen LogP contribution in [0.15, 0.2) is 30.3 Å². The minimum absolute atomic E-state index is 0.583. The molecule has 0 N–H and O–H groups in total. The van der Waals surface area contributed by atoms with Crippen molar-refractivity contribution < 1.29 is 17.9 Å². The van der Waals surface area contributed by atoms with Crippen LogP contribution in [0.2, 0.25) is 0 Å². The zero-order chi connectivity index (χ0) is 10.3. The third-order valence-corrected chi connectivity index (χ3v) is 1.17. The monoisotopic (exact) mass is 192 g/mol. The van der Waals surface area contributed by atoms with Crippen molar-refractivity contribution >= 4 is 0 Å². The van der Waals surface area contributed by atoms with Gasteiger partial charge in [-0.2, -0.15) is 0 Å². The lowest BCUT2D eigenvalue weighted by Crippen LogP contribution is -2.08. The number of benzene rings is 1. The number of alkyl halides is 3. The van der Waals surface area contributed by atoms with E-state index in [1.807, 2.05) is 18.2 Å². The number of hydrogen-bond donors (Lipinski definition) is 0. The first-order valence-electron chi connectivity index (χ1n) is 3.59. The lowest BCUT2D eigenvalue weighted by Gasteiger charge is -1.97. The Bertz CT molecular complexity index is 218. The molecule has 0 fully saturated rings. The molecule has 1 aromatic rings. The molecule has 0 aliphatic rings. The summed E-state index contributed by atoms with van der Waals surface area (Å²) >= 11 is 0. The third-order valence-electron chi connectivity index (χ3n) is 1.17. The van der Waals surface area contributed by atoms with Crippen LogP contribution in [0.1, 0.15) is 5.56 Å². The van der Waals surface area contributed by atoms with Crippen LogP contribution < -0.4 is 0 Å². The highest BCUT2D eigenvalue weighted by Crippen LogP contribution is 2.13. The number of hydrogen-bond acceptors (Lipinski definition) is 1. The van der Waals surface area contributed by atoms with E-state index in [1.54, 1.807) is 0 Å². The number of ether oxygens (including phenoxy) is 1.